The molecule has 0 saturated heterocycles. The van der Waals surface area contributed by atoms with Gasteiger partial charge in [0.1, 0.15) is 0 Å². The van der Waals surface area contributed by atoms with Gasteiger partial charge in [-0.05, 0) is 168 Å². The summed E-state index contributed by atoms with van der Waals surface area (Å²) in [5.74, 6) is 3.67. The SMILES string of the molecule is N#Cc1ccc2c(c1)c1cc(-c3ccc4c5ccccc5n(-c5ccccc5)c4c3)ccc1n2-c1cccc(-c2nc(-c3ccccc3)nc(-c3ccccc3)n2)c1.N#Cc1ccc2c3cc(-c4ccc5c(c4)c4ccccc4n5-c4ccccc4)ccc3n(-c3ccc(-c4nc(-c5ccccc5)nc(-c5ccccc5)n4)cc3)c2c1. The number of benzene rings is 16. The van der Waals surface area contributed by atoms with Gasteiger partial charge in [-0.25, -0.2) is 29.9 Å². The van der Waals surface area contributed by atoms with E-state index in [0.29, 0.717) is 46.1 Å². The lowest BCUT2D eigenvalue weighted by Gasteiger charge is -2.12. The summed E-state index contributed by atoms with van der Waals surface area (Å²) in [5.41, 5.74) is 24.1. The Bertz CT molecular complexity index is 7570. The predicted octanol–water partition coefficient (Wildman–Crippen LogP) is 25.2. The maximum Gasteiger partial charge on any atom is 0.164 e. The Labute approximate surface area is 666 Å². The molecule has 116 heavy (non-hydrogen) atoms. The number of fused-ring (bicyclic) bond motifs is 12. The van der Waals surface area contributed by atoms with Crippen LogP contribution in [0.2, 0.25) is 0 Å². The molecule has 0 atom stereocenters. The van der Waals surface area contributed by atoms with Gasteiger partial charge in [0.05, 0.1) is 67.4 Å². The first-order valence-corrected chi connectivity index (χ1v) is 38.5. The Kier molecular flexibility index (Phi) is 16.7. The van der Waals surface area contributed by atoms with Crippen LogP contribution in [-0.2, 0) is 0 Å². The molecule has 0 fully saturated rings. The lowest BCUT2D eigenvalue weighted by atomic mass is 10.0. The molecule has 0 aliphatic rings. The molecule has 0 spiro atoms. The number of hydrogen-bond acceptors (Lipinski definition) is 8. The van der Waals surface area contributed by atoms with Gasteiger partial charge in [0.2, 0.25) is 0 Å². The fourth-order valence-electron chi connectivity index (χ4n) is 16.5. The fraction of sp³-hybridized carbons (Fsp3) is 0. The summed E-state index contributed by atoms with van der Waals surface area (Å²) in [6.07, 6.45) is 0. The normalized spacial score (nSPS) is 11.4. The molecule has 0 saturated carbocycles. The Morgan fingerprint density at radius 3 is 0.897 bits per heavy atom. The van der Waals surface area contributed by atoms with E-state index in [9.17, 15) is 10.5 Å². The van der Waals surface area contributed by atoms with Crippen LogP contribution >= 0.6 is 0 Å². The minimum Gasteiger partial charge on any atom is -0.309 e. The van der Waals surface area contributed by atoms with Gasteiger partial charge in [-0.3, -0.25) is 0 Å². The Morgan fingerprint density at radius 1 is 0.164 bits per heavy atom. The molecule has 6 aromatic heterocycles. The first-order valence-electron chi connectivity index (χ1n) is 38.5. The number of nitrogens with zero attached hydrogens (tertiary/aromatic N) is 12. The Hall–Kier alpha value is -16.3. The maximum atomic E-state index is 10.00. The average Bonchev–Trinajstić information content (AvgIpc) is 1.59. The molecule has 0 radical (unpaired) electrons. The standard InChI is InChI=1S/2C52H32N6/c53-33-34-23-27-47-44(29-34)45-31-37(38-24-26-43-42-21-10-11-22-46(42)57(49(43)32-38)40-18-8-3-9-19-40)25-28-48(45)58(47)41-20-12-17-39(30-41)52-55-50(35-13-4-1-5-14-35)54-51(56-52)36-15-6-2-7-16-36;53-33-34-20-27-43-45-32-39(38-23-28-47-44(31-38)42-18-10-11-19-46(42)57(47)40-16-8-3-9-17-40)24-29-48(45)58(49(43)30-34)41-25-21-37(22-26-41)52-55-50(35-12-4-1-5-13-35)54-51(56-52)36-14-6-2-7-15-36/h2*1-32H. The van der Waals surface area contributed by atoms with Crippen molar-refractivity contribution in [2.24, 2.45) is 0 Å². The molecule has 22 aromatic rings. The van der Waals surface area contributed by atoms with Gasteiger partial charge in [0, 0.05) is 99.2 Å². The van der Waals surface area contributed by atoms with E-state index in [1.54, 1.807) is 0 Å². The van der Waals surface area contributed by atoms with E-state index < -0.39 is 0 Å². The number of aromatic nitrogens is 10. The molecule has 0 N–H and O–H groups in total. The van der Waals surface area contributed by atoms with Gasteiger partial charge < -0.3 is 18.3 Å². The van der Waals surface area contributed by atoms with Crippen molar-refractivity contribution in [1.82, 2.24) is 48.2 Å². The zero-order valence-electron chi connectivity index (χ0n) is 62.3. The summed E-state index contributed by atoms with van der Waals surface area (Å²) in [4.78, 5) is 29.6. The highest BCUT2D eigenvalue weighted by Crippen LogP contribution is 2.43. The Balaban J connectivity index is 0.000000145. The summed E-state index contributed by atoms with van der Waals surface area (Å²) in [7, 11) is 0. The minimum atomic E-state index is 0.590. The fourth-order valence-corrected chi connectivity index (χ4v) is 16.5. The van der Waals surface area contributed by atoms with E-state index in [4.69, 9.17) is 29.9 Å². The zero-order valence-corrected chi connectivity index (χ0v) is 62.3. The van der Waals surface area contributed by atoms with Crippen LogP contribution in [0, 0.1) is 22.7 Å². The maximum absolute atomic E-state index is 10.00. The first-order chi connectivity index (χ1) is 57.4. The van der Waals surface area contributed by atoms with Gasteiger partial charge in [0.15, 0.2) is 34.9 Å². The van der Waals surface area contributed by atoms with Crippen molar-refractivity contribution in [2.45, 2.75) is 0 Å². The van der Waals surface area contributed by atoms with Gasteiger partial charge in [0.25, 0.3) is 0 Å². The van der Waals surface area contributed by atoms with Crippen molar-refractivity contribution in [1.29, 1.82) is 10.5 Å². The van der Waals surface area contributed by atoms with Gasteiger partial charge in [-0.2, -0.15) is 10.5 Å². The molecule has 22 rings (SSSR count). The third-order valence-electron chi connectivity index (χ3n) is 22.0. The monoisotopic (exact) mass is 1480 g/mol. The van der Waals surface area contributed by atoms with E-state index in [2.05, 4.69) is 267 Å². The van der Waals surface area contributed by atoms with E-state index in [-0.39, 0.29) is 0 Å². The highest BCUT2D eigenvalue weighted by Gasteiger charge is 2.23. The van der Waals surface area contributed by atoms with Crippen LogP contribution in [-0.4, -0.2) is 48.2 Å². The second-order valence-electron chi connectivity index (χ2n) is 28.8. The molecule has 0 aliphatic carbocycles. The molecule has 16 aromatic carbocycles. The van der Waals surface area contributed by atoms with Gasteiger partial charge >= 0.3 is 0 Å². The lowest BCUT2D eigenvalue weighted by molar-refractivity contribution is 1.07. The molecule has 12 heteroatoms. The van der Waals surface area contributed by atoms with Crippen molar-refractivity contribution < 1.29 is 0 Å². The largest absolute Gasteiger partial charge is 0.309 e. The smallest absolute Gasteiger partial charge is 0.164 e. The average molecular weight is 1480 g/mol. The topological polar surface area (TPSA) is 145 Å². The van der Waals surface area contributed by atoms with Crippen LogP contribution < -0.4 is 0 Å². The number of para-hydroxylation sites is 4. The van der Waals surface area contributed by atoms with Crippen LogP contribution in [0.4, 0.5) is 0 Å². The third kappa shape index (κ3) is 12.0. The van der Waals surface area contributed by atoms with Crippen LogP contribution in [0.15, 0.2) is 388 Å². The molecule has 0 amide bonds. The highest BCUT2D eigenvalue weighted by atomic mass is 15.1. The number of nitriles is 2. The molecule has 6 heterocycles. The summed E-state index contributed by atoms with van der Waals surface area (Å²) in [5, 5.41) is 29.1. The second kappa shape index (κ2) is 28.5. The van der Waals surface area contributed by atoms with Crippen LogP contribution in [0.3, 0.4) is 0 Å². The van der Waals surface area contributed by atoms with E-state index >= 15 is 0 Å². The molecule has 540 valence electrons. The first kappa shape index (κ1) is 67.8. The zero-order chi connectivity index (χ0) is 77.2. The second-order valence-corrected chi connectivity index (χ2v) is 28.8. The predicted molar refractivity (Wildman–Crippen MR) is 470 cm³/mol. The van der Waals surface area contributed by atoms with Crippen molar-refractivity contribution in [3.05, 3.63) is 399 Å². The molecular formula is C104H64N12. The molecule has 12 nitrogen and oxygen atoms in total. The molecular weight excluding hydrogens is 1420 g/mol. The minimum absolute atomic E-state index is 0.590. The van der Waals surface area contributed by atoms with Crippen molar-refractivity contribution in [3.8, 4) is 125 Å². The summed E-state index contributed by atoms with van der Waals surface area (Å²) in [6.45, 7) is 0. The van der Waals surface area contributed by atoms with Crippen molar-refractivity contribution >= 4 is 87.2 Å². The highest BCUT2D eigenvalue weighted by molar-refractivity contribution is 6.15. The van der Waals surface area contributed by atoms with Gasteiger partial charge in [-0.15, -0.1) is 0 Å². The summed E-state index contributed by atoms with van der Waals surface area (Å²) >= 11 is 0. The summed E-state index contributed by atoms with van der Waals surface area (Å²) < 4.78 is 9.21. The molecule has 0 unspecified atom stereocenters. The number of rotatable bonds is 12. The van der Waals surface area contributed by atoms with Crippen LogP contribution in [0.25, 0.3) is 201 Å². The van der Waals surface area contributed by atoms with E-state index in [0.717, 1.165) is 128 Å². The molecule has 0 bridgehead atoms. The summed E-state index contributed by atoms with van der Waals surface area (Å²) in [6, 6.07) is 139. The van der Waals surface area contributed by atoms with Crippen molar-refractivity contribution in [3.63, 3.8) is 0 Å². The Morgan fingerprint density at radius 2 is 0.431 bits per heavy atom. The number of hydrogen-bond donors (Lipinski definition) is 0. The van der Waals surface area contributed by atoms with E-state index in [1.807, 2.05) is 152 Å². The van der Waals surface area contributed by atoms with Gasteiger partial charge in [-0.1, -0.05) is 243 Å². The molecule has 0 aliphatic heterocycles. The van der Waals surface area contributed by atoms with E-state index in [1.165, 1.54) is 38.1 Å². The van der Waals surface area contributed by atoms with Crippen LogP contribution in [0.5, 0.6) is 0 Å². The third-order valence-corrected chi connectivity index (χ3v) is 22.0. The quantitative estimate of drug-likeness (QED) is 0.118. The lowest BCUT2D eigenvalue weighted by Crippen LogP contribution is -2.01. The van der Waals surface area contributed by atoms with Crippen LogP contribution in [0.1, 0.15) is 11.1 Å². The van der Waals surface area contributed by atoms with Crippen molar-refractivity contribution in [2.75, 3.05) is 0 Å².